The summed E-state index contributed by atoms with van der Waals surface area (Å²) in [7, 11) is 5.90. The van der Waals surface area contributed by atoms with Crippen LogP contribution in [0.2, 0.25) is 0 Å². The molecule has 0 heterocycles. The lowest BCUT2D eigenvalue weighted by atomic mass is 10.0. The van der Waals surface area contributed by atoms with Crippen LogP contribution in [0.5, 0.6) is 0 Å². The van der Waals surface area contributed by atoms with Crippen molar-refractivity contribution < 1.29 is 42.9 Å². The van der Waals surface area contributed by atoms with Gasteiger partial charge in [-0.25, -0.2) is 0 Å². The number of hydrogen-bond acceptors (Lipinski definition) is 8. The third-order valence-electron chi connectivity index (χ3n) is 12.0. The Morgan fingerprint density at radius 3 is 1.15 bits per heavy atom. The summed E-state index contributed by atoms with van der Waals surface area (Å²) in [4.78, 5) is 37.2. The number of aliphatic carboxylic acids is 1. The number of allylic oxidation sites excluding steroid dienone is 20. The van der Waals surface area contributed by atoms with Crippen molar-refractivity contribution in [3.05, 3.63) is 122 Å². The summed E-state index contributed by atoms with van der Waals surface area (Å²) in [6.07, 6.45) is 73.9. The normalized spacial score (nSPS) is 13.7. The van der Waals surface area contributed by atoms with Gasteiger partial charge in [-0.1, -0.05) is 232 Å². The first-order valence-electron chi connectivity index (χ1n) is 29.2. The van der Waals surface area contributed by atoms with Gasteiger partial charge in [0.05, 0.1) is 40.3 Å². The number of quaternary nitrogens is 1. The summed E-state index contributed by atoms with van der Waals surface area (Å²) in [5.74, 6) is -2.35. The van der Waals surface area contributed by atoms with Gasteiger partial charge in [-0.3, -0.25) is 9.59 Å². The van der Waals surface area contributed by atoms with Crippen molar-refractivity contribution in [3.63, 3.8) is 0 Å². The Kier molecular flexibility index (Phi) is 51.7. The van der Waals surface area contributed by atoms with Crippen molar-refractivity contribution in [2.24, 2.45) is 0 Å². The highest BCUT2D eigenvalue weighted by Gasteiger charge is 2.22. The van der Waals surface area contributed by atoms with Gasteiger partial charge in [-0.2, -0.15) is 0 Å². The molecule has 9 nitrogen and oxygen atoms in total. The van der Waals surface area contributed by atoms with Crippen molar-refractivity contribution in [1.29, 1.82) is 0 Å². The smallest absolute Gasteiger partial charge is 0.306 e. The second-order valence-electron chi connectivity index (χ2n) is 20.2. The Balaban J connectivity index is 4.35. The van der Waals surface area contributed by atoms with Gasteiger partial charge in [0.1, 0.15) is 13.2 Å². The fraction of sp³-hybridized carbons (Fsp3) is 0.646. The molecule has 0 rings (SSSR count). The molecule has 0 aromatic heterocycles. The van der Waals surface area contributed by atoms with Crippen molar-refractivity contribution >= 4 is 17.9 Å². The van der Waals surface area contributed by atoms with Gasteiger partial charge in [-0.05, 0) is 89.9 Å². The third-order valence-corrected chi connectivity index (χ3v) is 12.0. The van der Waals surface area contributed by atoms with Gasteiger partial charge in [0.25, 0.3) is 0 Å². The van der Waals surface area contributed by atoms with E-state index in [1.54, 1.807) is 0 Å². The topological polar surface area (TPSA) is 111 Å². The first-order chi connectivity index (χ1) is 36.1. The number of unbranched alkanes of at least 4 members (excludes halogenated alkanes) is 17. The van der Waals surface area contributed by atoms with Gasteiger partial charge in [-0.15, -0.1) is 0 Å². The second kappa shape index (κ2) is 54.9. The van der Waals surface area contributed by atoms with Crippen molar-refractivity contribution in [3.8, 4) is 0 Å². The second-order valence-corrected chi connectivity index (χ2v) is 20.2. The Bertz CT molecular complexity index is 1620. The molecule has 0 radical (unpaired) electrons. The van der Waals surface area contributed by atoms with E-state index >= 15 is 0 Å². The minimum Gasteiger partial charge on any atom is -0.545 e. The first-order valence-corrected chi connectivity index (χ1v) is 29.2. The molecular formula is C65H107NO8. The standard InChI is InChI=1S/C65H107NO8/c1-6-8-10-12-14-16-18-20-22-24-25-26-27-28-29-30-31-32-33-34-35-36-37-38-39-40-42-44-46-48-50-52-54-56-63(68)74-61(60-73-65(64(69)70)71-58-57-66(3,4)5)59-72-62(67)55-53-51-49-47-45-43-41-23-21-19-17-15-13-11-9-7-2/h8,10,14,16,20,22,25-26,28-29,31-32,34-35,37-38,40,42,46,48,61,65H,6-7,9,11-13,15,17-19,21,23-24,27,30,33,36,39,41,43-45,47,49-60H2,1-5H3/b10-8-,16-14-,22-20-,26-25-,29-28-,32-31-,35-34-,38-37-,42-40-,48-46-. The highest BCUT2D eigenvalue weighted by Crippen LogP contribution is 2.15. The molecule has 9 heteroatoms. The lowest BCUT2D eigenvalue weighted by molar-refractivity contribution is -0.870. The molecule has 0 bridgehead atoms. The zero-order chi connectivity index (χ0) is 54.1. The van der Waals surface area contributed by atoms with E-state index in [1.165, 1.54) is 83.5 Å². The molecule has 0 N–H and O–H groups in total. The van der Waals surface area contributed by atoms with Crippen LogP contribution in [0.15, 0.2) is 122 Å². The molecule has 0 amide bonds. The highest BCUT2D eigenvalue weighted by atomic mass is 16.7. The molecule has 0 spiro atoms. The Morgan fingerprint density at radius 2 is 0.770 bits per heavy atom. The predicted molar refractivity (Wildman–Crippen MR) is 310 cm³/mol. The zero-order valence-corrected chi connectivity index (χ0v) is 47.7. The maximum atomic E-state index is 12.8. The summed E-state index contributed by atoms with van der Waals surface area (Å²) < 4.78 is 22.6. The van der Waals surface area contributed by atoms with Crippen molar-refractivity contribution in [1.82, 2.24) is 0 Å². The van der Waals surface area contributed by atoms with Crippen LogP contribution in [0.4, 0.5) is 0 Å². The maximum absolute atomic E-state index is 12.8. The van der Waals surface area contributed by atoms with Crippen molar-refractivity contribution in [2.45, 2.75) is 225 Å². The summed E-state index contributed by atoms with van der Waals surface area (Å²) in [5.41, 5.74) is 0. The maximum Gasteiger partial charge on any atom is 0.306 e. The molecule has 0 aliphatic rings. The third kappa shape index (κ3) is 55.4. The van der Waals surface area contributed by atoms with Crippen LogP contribution in [-0.4, -0.2) is 82.3 Å². The summed E-state index contributed by atoms with van der Waals surface area (Å²) >= 11 is 0. The summed E-state index contributed by atoms with van der Waals surface area (Å²) in [6, 6.07) is 0. The average Bonchev–Trinajstić information content (AvgIpc) is 3.37. The number of hydrogen-bond donors (Lipinski definition) is 0. The van der Waals surface area contributed by atoms with Crippen LogP contribution in [-0.2, 0) is 33.3 Å². The molecule has 0 aliphatic carbocycles. The summed E-state index contributed by atoms with van der Waals surface area (Å²) in [5, 5.41) is 11.8. The molecule has 0 saturated heterocycles. The molecule has 0 fully saturated rings. The van der Waals surface area contributed by atoms with E-state index in [0.717, 1.165) is 96.3 Å². The molecular weight excluding hydrogens is 923 g/mol. The Hall–Kier alpha value is -4.31. The van der Waals surface area contributed by atoms with Crippen molar-refractivity contribution in [2.75, 3.05) is 47.5 Å². The van der Waals surface area contributed by atoms with Gasteiger partial charge < -0.3 is 33.3 Å². The highest BCUT2D eigenvalue weighted by molar-refractivity contribution is 5.70. The van der Waals surface area contributed by atoms with Crippen LogP contribution in [0, 0.1) is 0 Å². The number of carbonyl (C=O) groups is 3. The number of carbonyl (C=O) groups excluding carboxylic acids is 3. The van der Waals surface area contributed by atoms with E-state index in [0.29, 0.717) is 17.4 Å². The SMILES string of the molecule is CC/C=C\C/C=C\C/C=C\C/C=C\C/C=C\C/C=C\C/C=C\C/C=C\C/C=C\C/C=C\CCCCC(=O)OC(COC(=O)CCCCCCCCCCCCCCCCCC)COC(OCC[N+](C)(C)C)C(=O)[O-]. The average molecular weight is 1030 g/mol. The minimum absolute atomic E-state index is 0.134. The van der Waals surface area contributed by atoms with Gasteiger partial charge in [0.2, 0.25) is 0 Å². The van der Waals surface area contributed by atoms with E-state index in [-0.39, 0.29) is 38.6 Å². The number of carboxylic acid groups (broad SMARTS) is 1. The van der Waals surface area contributed by atoms with Crippen LogP contribution in [0.3, 0.4) is 0 Å². The Morgan fingerprint density at radius 1 is 0.419 bits per heavy atom. The lowest BCUT2D eigenvalue weighted by Crippen LogP contribution is -2.44. The fourth-order valence-corrected chi connectivity index (χ4v) is 7.50. The van der Waals surface area contributed by atoms with Crippen LogP contribution in [0.25, 0.3) is 0 Å². The predicted octanol–water partition coefficient (Wildman–Crippen LogP) is 16.0. The van der Waals surface area contributed by atoms with E-state index in [9.17, 15) is 19.5 Å². The van der Waals surface area contributed by atoms with E-state index < -0.39 is 24.3 Å². The minimum atomic E-state index is -1.64. The van der Waals surface area contributed by atoms with Gasteiger partial charge >= 0.3 is 11.9 Å². The molecule has 0 aromatic carbocycles. The Labute approximate surface area is 453 Å². The summed E-state index contributed by atoms with van der Waals surface area (Å²) in [6.45, 7) is 4.57. The number of likely N-dealkylation sites (N-methyl/N-ethyl adjacent to an activating group) is 1. The van der Waals surface area contributed by atoms with Gasteiger partial charge in [0, 0.05) is 12.8 Å². The molecule has 0 aromatic rings. The molecule has 2 unspecified atom stereocenters. The zero-order valence-electron chi connectivity index (χ0n) is 47.7. The molecule has 0 saturated carbocycles. The van der Waals surface area contributed by atoms with Crippen LogP contribution < -0.4 is 5.11 Å². The van der Waals surface area contributed by atoms with Crippen LogP contribution >= 0.6 is 0 Å². The molecule has 2 atom stereocenters. The number of rotatable bonds is 52. The van der Waals surface area contributed by atoms with Crippen LogP contribution in [0.1, 0.15) is 213 Å². The van der Waals surface area contributed by atoms with E-state index in [1.807, 2.05) is 21.1 Å². The first kappa shape index (κ1) is 69.7. The molecule has 420 valence electrons. The number of nitrogens with zero attached hydrogens (tertiary/aromatic N) is 1. The number of esters is 2. The fourth-order valence-electron chi connectivity index (χ4n) is 7.50. The molecule has 74 heavy (non-hydrogen) atoms. The largest absolute Gasteiger partial charge is 0.545 e. The quantitative estimate of drug-likeness (QED) is 0.0195. The van der Waals surface area contributed by atoms with Gasteiger partial charge in [0.15, 0.2) is 12.4 Å². The lowest BCUT2D eigenvalue weighted by Gasteiger charge is -2.26. The monoisotopic (exact) mass is 1030 g/mol. The molecule has 0 aliphatic heterocycles. The number of ether oxygens (including phenoxy) is 4. The van der Waals surface area contributed by atoms with E-state index in [2.05, 4.69) is 135 Å². The van der Waals surface area contributed by atoms with E-state index in [4.69, 9.17) is 18.9 Å². The number of carboxylic acids is 1.